The maximum atomic E-state index is 4.89. The van der Waals surface area contributed by atoms with Crippen molar-refractivity contribution in [1.29, 1.82) is 0 Å². The average Bonchev–Trinajstić information content (AvgIpc) is 2.98. The molecule has 0 aliphatic heterocycles. The fourth-order valence-corrected chi connectivity index (χ4v) is 3.83. The number of nitrogens with zero attached hydrogens (tertiary/aromatic N) is 1. The highest BCUT2D eigenvalue weighted by Crippen LogP contribution is 2.34. The number of rotatable bonds is 6. The van der Waals surface area contributed by atoms with Crippen LogP contribution in [0.3, 0.4) is 0 Å². The first kappa shape index (κ1) is 14.0. The number of thiazole rings is 1. The number of aromatic nitrogens is 1. The summed E-state index contributed by atoms with van der Waals surface area (Å²) in [6.45, 7) is 5.72. The van der Waals surface area contributed by atoms with Gasteiger partial charge in [0.1, 0.15) is 0 Å². The molecule has 1 aromatic heterocycles. The maximum Gasteiger partial charge on any atom is 0.0931 e. The van der Waals surface area contributed by atoms with Crippen LogP contribution >= 0.6 is 11.3 Å². The Morgan fingerprint density at radius 1 is 1.39 bits per heavy atom. The summed E-state index contributed by atoms with van der Waals surface area (Å²) >= 11 is 1.87. The van der Waals surface area contributed by atoms with E-state index in [1.165, 1.54) is 36.4 Å². The molecule has 1 unspecified atom stereocenters. The summed E-state index contributed by atoms with van der Waals surface area (Å²) in [7, 11) is 2.04. The van der Waals surface area contributed by atoms with Crippen molar-refractivity contribution >= 4 is 11.3 Å². The Balaban J connectivity index is 1.96. The Morgan fingerprint density at radius 3 is 2.72 bits per heavy atom. The molecule has 18 heavy (non-hydrogen) atoms. The van der Waals surface area contributed by atoms with Crippen molar-refractivity contribution in [1.82, 2.24) is 10.3 Å². The smallest absolute Gasteiger partial charge is 0.0931 e. The molecule has 1 atom stereocenters. The van der Waals surface area contributed by atoms with E-state index < -0.39 is 0 Å². The van der Waals surface area contributed by atoms with Crippen molar-refractivity contribution in [2.75, 3.05) is 13.6 Å². The predicted molar refractivity (Wildman–Crippen MR) is 79.3 cm³/mol. The largest absolute Gasteiger partial charge is 0.319 e. The lowest BCUT2D eigenvalue weighted by atomic mass is 9.93. The van der Waals surface area contributed by atoms with Crippen molar-refractivity contribution in [2.45, 2.75) is 51.9 Å². The van der Waals surface area contributed by atoms with Crippen LogP contribution in [-0.4, -0.2) is 18.6 Å². The van der Waals surface area contributed by atoms with Gasteiger partial charge in [0.25, 0.3) is 0 Å². The van der Waals surface area contributed by atoms with E-state index in [1.807, 2.05) is 18.4 Å². The van der Waals surface area contributed by atoms with Crippen molar-refractivity contribution in [3.8, 4) is 0 Å². The van der Waals surface area contributed by atoms with Gasteiger partial charge < -0.3 is 5.32 Å². The standard InChI is InChI=1S/C15H26N2S/c1-11(2)13(9-16-3)8-15-17-14(10-18-15)12-6-4-5-7-12/h10-13,16H,4-9H2,1-3H3. The van der Waals surface area contributed by atoms with Crippen LogP contribution in [0.2, 0.25) is 0 Å². The van der Waals surface area contributed by atoms with E-state index in [1.54, 1.807) is 0 Å². The van der Waals surface area contributed by atoms with Crippen molar-refractivity contribution < 1.29 is 0 Å². The molecule has 0 spiro atoms. The summed E-state index contributed by atoms with van der Waals surface area (Å²) in [5.41, 5.74) is 1.37. The molecule has 1 fully saturated rings. The zero-order chi connectivity index (χ0) is 13.0. The molecule has 1 aliphatic rings. The molecule has 1 N–H and O–H groups in total. The summed E-state index contributed by atoms with van der Waals surface area (Å²) in [6.07, 6.45) is 6.63. The van der Waals surface area contributed by atoms with Gasteiger partial charge in [-0.1, -0.05) is 26.7 Å². The van der Waals surface area contributed by atoms with Gasteiger partial charge in [0, 0.05) is 17.7 Å². The Labute approximate surface area is 115 Å². The van der Waals surface area contributed by atoms with E-state index in [9.17, 15) is 0 Å². The number of hydrogen-bond acceptors (Lipinski definition) is 3. The molecule has 0 aromatic carbocycles. The highest BCUT2D eigenvalue weighted by molar-refractivity contribution is 7.09. The zero-order valence-electron chi connectivity index (χ0n) is 11.9. The Hall–Kier alpha value is -0.410. The van der Waals surface area contributed by atoms with Gasteiger partial charge in [0.2, 0.25) is 0 Å². The second-order valence-corrected chi connectivity index (χ2v) is 6.86. The monoisotopic (exact) mass is 266 g/mol. The van der Waals surface area contributed by atoms with Crippen LogP contribution in [0.4, 0.5) is 0 Å². The molecule has 0 bridgehead atoms. The molecular formula is C15H26N2S. The average molecular weight is 266 g/mol. The zero-order valence-corrected chi connectivity index (χ0v) is 12.7. The molecular weight excluding hydrogens is 240 g/mol. The molecule has 1 saturated carbocycles. The van der Waals surface area contributed by atoms with Crippen LogP contribution < -0.4 is 5.32 Å². The third-order valence-corrected chi connectivity index (χ3v) is 5.08. The van der Waals surface area contributed by atoms with E-state index in [-0.39, 0.29) is 0 Å². The molecule has 0 amide bonds. The SMILES string of the molecule is CNCC(Cc1nc(C2CCCC2)cs1)C(C)C. The summed E-state index contributed by atoms with van der Waals surface area (Å²) in [5.74, 6) is 2.19. The van der Waals surface area contributed by atoms with Gasteiger partial charge in [-0.15, -0.1) is 11.3 Å². The molecule has 1 heterocycles. The van der Waals surface area contributed by atoms with Crippen LogP contribution in [-0.2, 0) is 6.42 Å². The van der Waals surface area contributed by atoms with E-state index in [4.69, 9.17) is 4.98 Å². The molecule has 2 rings (SSSR count). The topological polar surface area (TPSA) is 24.9 Å². The quantitative estimate of drug-likeness (QED) is 0.846. The molecule has 1 aliphatic carbocycles. The third kappa shape index (κ3) is 3.55. The van der Waals surface area contributed by atoms with E-state index >= 15 is 0 Å². The minimum Gasteiger partial charge on any atom is -0.319 e. The molecule has 3 heteroatoms. The maximum absolute atomic E-state index is 4.89. The Kier molecular flexibility index (Phi) is 5.19. The second-order valence-electron chi connectivity index (χ2n) is 5.91. The summed E-state index contributed by atoms with van der Waals surface area (Å²) < 4.78 is 0. The van der Waals surface area contributed by atoms with Gasteiger partial charge in [-0.25, -0.2) is 4.98 Å². The highest BCUT2D eigenvalue weighted by Gasteiger charge is 2.21. The first-order valence-corrected chi connectivity index (χ1v) is 8.17. The molecule has 2 nitrogen and oxygen atoms in total. The van der Waals surface area contributed by atoms with Gasteiger partial charge in [-0.3, -0.25) is 0 Å². The lowest BCUT2D eigenvalue weighted by Crippen LogP contribution is -2.25. The van der Waals surface area contributed by atoms with Crippen LogP contribution in [0.25, 0.3) is 0 Å². The lowest BCUT2D eigenvalue weighted by molar-refractivity contribution is 0.370. The first-order chi connectivity index (χ1) is 8.70. The van der Waals surface area contributed by atoms with Crippen LogP contribution in [0.1, 0.15) is 56.2 Å². The first-order valence-electron chi connectivity index (χ1n) is 7.29. The van der Waals surface area contributed by atoms with Gasteiger partial charge >= 0.3 is 0 Å². The molecule has 102 valence electrons. The summed E-state index contributed by atoms with van der Waals surface area (Å²) in [6, 6.07) is 0. The number of hydrogen-bond donors (Lipinski definition) is 1. The fraction of sp³-hybridized carbons (Fsp3) is 0.800. The van der Waals surface area contributed by atoms with Gasteiger partial charge in [0.05, 0.1) is 10.7 Å². The van der Waals surface area contributed by atoms with Crippen LogP contribution in [0.15, 0.2) is 5.38 Å². The highest BCUT2D eigenvalue weighted by atomic mass is 32.1. The summed E-state index contributed by atoms with van der Waals surface area (Å²) in [4.78, 5) is 4.89. The summed E-state index contributed by atoms with van der Waals surface area (Å²) in [5, 5.41) is 6.95. The fourth-order valence-electron chi connectivity index (χ4n) is 2.86. The Bertz CT molecular complexity index is 353. The van der Waals surface area contributed by atoms with E-state index in [0.29, 0.717) is 5.92 Å². The van der Waals surface area contributed by atoms with E-state index in [0.717, 1.165) is 24.8 Å². The third-order valence-electron chi connectivity index (χ3n) is 4.19. The normalized spacial score (nSPS) is 18.7. The lowest BCUT2D eigenvalue weighted by Gasteiger charge is -2.19. The van der Waals surface area contributed by atoms with Gasteiger partial charge in [-0.2, -0.15) is 0 Å². The van der Waals surface area contributed by atoms with Crippen molar-refractivity contribution in [3.05, 3.63) is 16.1 Å². The second kappa shape index (κ2) is 6.67. The van der Waals surface area contributed by atoms with Crippen LogP contribution in [0, 0.1) is 11.8 Å². The van der Waals surface area contributed by atoms with Gasteiger partial charge in [0.15, 0.2) is 0 Å². The van der Waals surface area contributed by atoms with Crippen LogP contribution in [0.5, 0.6) is 0 Å². The van der Waals surface area contributed by atoms with E-state index in [2.05, 4.69) is 24.5 Å². The van der Waals surface area contributed by atoms with Crippen molar-refractivity contribution in [3.63, 3.8) is 0 Å². The Morgan fingerprint density at radius 2 is 2.11 bits per heavy atom. The predicted octanol–water partition coefficient (Wildman–Crippen LogP) is 3.83. The minimum absolute atomic E-state index is 0.706. The molecule has 0 radical (unpaired) electrons. The van der Waals surface area contributed by atoms with Gasteiger partial charge in [-0.05, 0) is 38.3 Å². The minimum atomic E-state index is 0.706. The van der Waals surface area contributed by atoms with Crippen molar-refractivity contribution in [2.24, 2.45) is 11.8 Å². The molecule has 1 aromatic rings. The molecule has 0 saturated heterocycles. The number of nitrogens with one attached hydrogen (secondary N) is 1.